The van der Waals surface area contributed by atoms with Crippen LogP contribution < -0.4 is 0 Å². The van der Waals surface area contributed by atoms with Gasteiger partial charge in [0.25, 0.3) is 0 Å². The fourth-order valence-electron chi connectivity index (χ4n) is 3.92. The average molecular weight is 467 g/mol. The summed E-state index contributed by atoms with van der Waals surface area (Å²) >= 11 is 3.43. The first kappa shape index (κ1) is 22.9. The van der Waals surface area contributed by atoms with Crippen LogP contribution in [-0.4, -0.2) is 5.78 Å². The van der Waals surface area contributed by atoms with E-state index >= 15 is 0 Å². The molecular formula is C30H26OS2. The van der Waals surface area contributed by atoms with Gasteiger partial charge >= 0.3 is 0 Å². The predicted octanol–water partition coefficient (Wildman–Crippen LogP) is 8.72. The molecule has 0 saturated carbocycles. The van der Waals surface area contributed by atoms with Gasteiger partial charge in [0.1, 0.15) is 0 Å². The van der Waals surface area contributed by atoms with Gasteiger partial charge in [0, 0.05) is 12.0 Å². The third kappa shape index (κ3) is 6.38. The Balaban J connectivity index is 0.000000114. The van der Waals surface area contributed by atoms with Crippen LogP contribution in [0, 0.1) is 0 Å². The Kier molecular flexibility index (Phi) is 8.40. The highest BCUT2D eigenvalue weighted by Gasteiger charge is 2.17. The van der Waals surface area contributed by atoms with Gasteiger partial charge in [-0.3, -0.25) is 4.79 Å². The Morgan fingerprint density at radius 2 is 1.24 bits per heavy atom. The Morgan fingerprint density at radius 3 is 1.88 bits per heavy atom. The number of rotatable bonds is 0. The number of benzene rings is 3. The van der Waals surface area contributed by atoms with Gasteiger partial charge in [0.05, 0.1) is 0 Å². The topological polar surface area (TPSA) is 17.1 Å². The number of fused-ring (bicyclic) bond motifs is 1. The van der Waals surface area contributed by atoms with E-state index in [0.717, 1.165) is 18.4 Å². The minimum absolute atomic E-state index is 0.301. The lowest BCUT2D eigenvalue weighted by Gasteiger charge is -2.11. The summed E-state index contributed by atoms with van der Waals surface area (Å²) in [6.45, 7) is 0. The molecule has 2 heterocycles. The lowest BCUT2D eigenvalue weighted by Crippen LogP contribution is -1.91. The first-order chi connectivity index (χ1) is 16.3. The van der Waals surface area contributed by atoms with E-state index in [1.54, 1.807) is 22.7 Å². The van der Waals surface area contributed by atoms with E-state index in [9.17, 15) is 4.79 Å². The number of ketones is 1. The molecule has 2 aromatic heterocycles. The van der Waals surface area contributed by atoms with Crippen LogP contribution in [0.2, 0.25) is 0 Å². The first-order valence-electron chi connectivity index (χ1n) is 11.1. The normalized spacial score (nSPS) is 12.4. The molecular weight excluding hydrogens is 440 g/mol. The SMILES string of the molecule is C1=Cc2cccc3cccc(c23)C1.O=C1CCc2ccccc21.c1ccsc1.c1ccsc1. The van der Waals surface area contributed by atoms with Gasteiger partial charge in [-0.05, 0) is 61.8 Å². The van der Waals surface area contributed by atoms with Crippen molar-refractivity contribution in [3.63, 3.8) is 0 Å². The van der Waals surface area contributed by atoms with Crippen molar-refractivity contribution in [2.45, 2.75) is 19.3 Å². The molecule has 7 rings (SSSR count). The van der Waals surface area contributed by atoms with E-state index < -0.39 is 0 Å². The molecule has 0 amide bonds. The van der Waals surface area contributed by atoms with Crippen molar-refractivity contribution in [1.29, 1.82) is 0 Å². The number of hydrogen-bond donors (Lipinski definition) is 0. The molecule has 0 N–H and O–H groups in total. The Labute approximate surface area is 203 Å². The number of allylic oxidation sites excluding steroid dienone is 1. The average Bonchev–Trinajstić information content (AvgIpc) is 3.67. The monoisotopic (exact) mass is 466 g/mol. The molecule has 2 aliphatic rings. The second-order valence-electron chi connectivity index (χ2n) is 7.64. The highest BCUT2D eigenvalue weighted by molar-refractivity contribution is 7.08. The molecule has 1 nitrogen and oxygen atoms in total. The van der Waals surface area contributed by atoms with Crippen LogP contribution in [0.5, 0.6) is 0 Å². The Bertz CT molecular complexity index is 1230. The second-order valence-corrected chi connectivity index (χ2v) is 9.27. The van der Waals surface area contributed by atoms with Crippen LogP contribution in [0.25, 0.3) is 16.8 Å². The zero-order chi connectivity index (χ0) is 22.7. The summed E-state index contributed by atoms with van der Waals surface area (Å²) in [5.74, 6) is 0.301. The highest BCUT2D eigenvalue weighted by atomic mass is 32.1. The second kappa shape index (κ2) is 12.1. The summed E-state index contributed by atoms with van der Waals surface area (Å²) < 4.78 is 0. The minimum Gasteiger partial charge on any atom is -0.294 e. The third-order valence-electron chi connectivity index (χ3n) is 5.45. The maximum Gasteiger partial charge on any atom is 0.163 e. The molecule has 3 aromatic carbocycles. The molecule has 33 heavy (non-hydrogen) atoms. The number of thiophene rings is 2. The van der Waals surface area contributed by atoms with Crippen LogP contribution in [-0.2, 0) is 12.8 Å². The van der Waals surface area contributed by atoms with Crippen LogP contribution >= 0.6 is 22.7 Å². The predicted molar refractivity (Wildman–Crippen MR) is 144 cm³/mol. The molecule has 0 spiro atoms. The van der Waals surface area contributed by atoms with Gasteiger partial charge in [-0.1, -0.05) is 97.1 Å². The van der Waals surface area contributed by atoms with Crippen molar-refractivity contribution in [3.8, 4) is 0 Å². The Morgan fingerprint density at radius 1 is 0.606 bits per heavy atom. The molecule has 3 heteroatoms. The third-order valence-corrected chi connectivity index (χ3v) is 6.71. The molecule has 0 saturated heterocycles. The molecule has 0 unspecified atom stereocenters. The lowest BCUT2D eigenvalue weighted by molar-refractivity contribution is 0.0994. The largest absolute Gasteiger partial charge is 0.294 e. The van der Waals surface area contributed by atoms with Crippen molar-refractivity contribution in [2.75, 3.05) is 0 Å². The lowest BCUT2D eigenvalue weighted by atomic mass is 9.93. The quantitative estimate of drug-likeness (QED) is 0.223. The molecule has 0 aliphatic heterocycles. The van der Waals surface area contributed by atoms with E-state index in [-0.39, 0.29) is 0 Å². The molecule has 5 aromatic rings. The molecule has 0 fully saturated rings. The van der Waals surface area contributed by atoms with Crippen LogP contribution in [0.3, 0.4) is 0 Å². The van der Waals surface area contributed by atoms with Gasteiger partial charge in [-0.2, -0.15) is 22.7 Å². The van der Waals surface area contributed by atoms with E-state index in [4.69, 9.17) is 0 Å². The summed E-state index contributed by atoms with van der Waals surface area (Å²) in [5.41, 5.74) is 4.96. The van der Waals surface area contributed by atoms with Gasteiger partial charge in [0.2, 0.25) is 0 Å². The summed E-state index contributed by atoms with van der Waals surface area (Å²) in [4.78, 5) is 11.1. The van der Waals surface area contributed by atoms with Crippen LogP contribution in [0.1, 0.15) is 33.5 Å². The van der Waals surface area contributed by atoms with Crippen molar-refractivity contribution in [2.24, 2.45) is 0 Å². The number of hydrogen-bond acceptors (Lipinski definition) is 3. The van der Waals surface area contributed by atoms with E-state index in [0.29, 0.717) is 12.2 Å². The van der Waals surface area contributed by atoms with Gasteiger partial charge in [0.15, 0.2) is 5.78 Å². The van der Waals surface area contributed by atoms with Crippen molar-refractivity contribution >= 4 is 45.3 Å². The van der Waals surface area contributed by atoms with Crippen molar-refractivity contribution in [3.05, 3.63) is 135 Å². The molecule has 0 atom stereocenters. The van der Waals surface area contributed by atoms with Gasteiger partial charge in [-0.25, -0.2) is 0 Å². The fraction of sp³-hybridized carbons (Fsp3) is 0.100. The maximum atomic E-state index is 11.1. The zero-order valence-corrected chi connectivity index (χ0v) is 20.0. The minimum atomic E-state index is 0.301. The van der Waals surface area contributed by atoms with Crippen LogP contribution in [0.4, 0.5) is 0 Å². The van der Waals surface area contributed by atoms with Crippen molar-refractivity contribution in [1.82, 2.24) is 0 Å². The maximum absolute atomic E-state index is 11.1. The van der Waals surface area contributed by atoms with Crippen molar-refractivity contribution < 1.29 is 4.79 Å². The molecule has 0 radical (unpaired) electrons. The standard InChI is InChI=1S/C13H10.C9H8O.2C4H4S/c1-4-10-6-2-8-12-9-3-7-11(5-1)13(10)12;10-9-6-5-7-3-1-2-4-8(7)9;2*1-2-4-5-3-1/h1-8H,9H2;1-4H,5-6H2;2*1-4H. The summed E-state index contributed by atoms with van der Waals surface area (Å²) in [7, 11) is 0. The zero-order valence-electron chi connectivity index (χ0n) is 18.4. The van der Waals surface area contributed by atoms with Crippen LogP contribution in [0.15, 0.2) is 113 Å². The number of Topliss-reactive ketones (excluding diaryl/α,β-unsaturated/α-hetero) is 1. The Hall–Kier alpha value is -3.27. The summed E-state index contributed by atoms with van der Waals surface area (Å²) in [6.07, 6.45) is 7.18. The van der Waals surface area contributed by atoms with E-state index in [2.05, 4.69) is 48.6 Å². The molecule has 0 bridgehead atoms. The summed E-state index contributed by atoms with van der Waals surface area (Å²) in [6, 6.07) is 28.9. The molecule has 2 aliphatic carbocycles. The number of aryl methyl sites for hydroxylation is 1. The highest BCUT2D eigenvalue weighted by Crippen LogP contribution is 2.27. The number of carbonyl (C=O) groups excluding carboxylic acids is 1. The number of carbonyl (C=O) groups is 1. The smallest absolute Gasteiger partial charge is 0.163 e. The van der Waals surface area contributed by atoms with Gasteiger partial charge in [-0.15, -0.1) is 0 Å². The van der Waals surface area contributed by atoms with Gasteiger partial charge < -0.3 is 0 Å². The van der Waals surface area contributed by atoms with E-state index in [1.807, 2.05) is 70.1 Å². The first-order valence-corrected chi connectivity index (χ1v) is 12.9. The molecule has 164 valence electrons. The fourth-order valence-corrected chi connectivity index (χ4v) is 4.83. The summed E-state index contributed by atoms with van der Waals surface area (Å²) in [5, 5.41) is 11.0. The van der Waals surface area contributed by atoms with E-state index in [1.165, 1.54) is 27.5 Å².